The number of esters is 1. The summed E-state index contributed by atoms with van der Waals surface area (Å²) in [5, 5.41) is 21.0. The molecule has 0 spiro atoms. The van der Waals surface area contributed by atoms with E-state index in [4.69, 9.17) is 36.0 Å². The van der Waals surface area contributed by atoms with Crippen molar-refractivity contribution in [2.45, 2.75) is 38.6 Å². The zero-order valence-electron chi connectivity index (χ0n) is 20.1. The topological polar surface area (TPSA) is 148 Å². The predicted octanol–water partition coefficient (Wildman–Crippen LogP) is 2.71. The summed E-state index contributed by atoms with van der Waals surface area (Å²) in [5.41, 5.74) is 3.27. The van der Waals surface area contributed by atoms with Crippen molar-refractivity contribution in [2.24, 2.45) is 0 Å². The van der Waals surface area contributed by atoms with Crippen molar-refractivity contribution in [3.63, 3.8) is 0 Å². The number of hydrogen-bond acceptors (Lipinski definition) is 8. The molecule has 196 valence electrons. The van der Waals surface area contributed by atoms with Crippen molar-refractivity contribution in [3.8, 4) is 0 Å². The molecule has 0 aromatic heterocycles. The molecule has 0 saturated heterocycles. The molecule has 0 heterocycles. The van der Waals surface area contributed by atoms with E-state index in [2.05, 4.69) is 5.32 Å². The van der Waals surface area contributed by atoms with E-state index in [-0.39, 0.29) is 33.0 Å². The van der Waals surface area contributed by atoms with Crippen molar-refractivity contribution in [3.05, 3.63) is 57.1 Å². The van der Waals surface area contributed by atoms with Gasteiger partial charge in [-0.05, 0) is 43.0 Å². The van der Waals surface area contributed by atoms with Crippen molar-refractivity contribution in [1.29, 1.82) is 0 Å². The Morgan fingerprint density at radius 2 is 1.94 bits per heavy atom. The number of benzene rings is 1. The van der Waals surface area contributed by atoms with Gasteiger partial charge in [0.25, 0.3) is 6.47 Å². The van der Waals surface area contributed by atoms with Gasteiger partial charge in [0.1, 0.15) is 12.6 Å². The lowest BCUT2D eigenvalue weighted by Gasteiger charge is -2.32. The summed E-state index contributed by atoms with van der Waals surface area (Å²) < 4.78 is 16.1. The third kappa shape index (κ3) is 7.91. The second-order valence-corrected chi connectivity index (χ2v) is 8.48. The van der Waals surface area contributed by atoms with Gasteiger partial charge in [-0.2, -0.15) is 0 Å². The zero-order chi connectivity index (χ0) is 26.7. The Morgan fingerprint density at radius 1 is 1.22 bits per heavy atom. The number of rotatable bonds is 15. The first-order valence-electron chi connectivity index (χ1n) is 11.3. The summed E-state index contributed by atoms with van der Waals surface area (Å²) in [6, 6.07) is 5.82. The van der Waals surface area contributed by atoms with E-state index in [1.165, 1.54) is 0 Å². The van der Waals surface area contributed by atoms with E-state index >= 15 is 0 Å². The van der Waals surface area contributed by atoms with E-state index in [1.807, 2.05) is 6.92 Å². The molecular weight excluding hydrogens is 494 g/mol. The monoisotopic (exact) mass is 523 g/mol. The molecule has 0 bridgehead atoms. The van der Waals surface area contributed by atoms with Crippen molar-refractivity contribution >= 4 is 36.0 Å². The van der Waals surface area contributed by atoms with E-state index in [0.717, 1.165) is 11.1 Å². The van der Waals surface area contributed by atoms with Gasteiger partial charge in [0.2, 0.25) is 0 Å². The van der Waals surface area contributed by atoms with E-state index in [0.29, 0.717) is 34.6 Å². The maximum Gasteiger partial charge on any atom is 0.335 e. The summed E-state index contributed by atoms with van der Waals surface area (Å²) in [4.78, 5) is 46.1. The van der Waals surface area contributed by atoms with E-state index in [1.54, 1.807) is 31.2 Å². The summed E-state index contributed by atoms with van der Waals surface area (Å²) in [6.45, 7) is 4.26. The maximum absolute atomic E-state index is 13.1. The third-order valence-corrected chi connectivity index (χ3v) is 6.00. The van der Waals surface area contributed by atoms with Crippen LogP contribution in [0.1, 0.15) is 38.2 Å². The highest BCUT2D eigenvalue weighted by molar-refractivity contribution is 6.31. The number of aliphatic carboxylic acids is 2. The van der Waals surface area contributed by atoms with E-state index in [9.17, 15) is 19.2 Å². The molecule has 1 aliphatic carbocycles. The molecular formula is C25H30ClNO9. The van der Waals surface area contributed by atoms with Gasteiger partial charge in [-0.15, -0.1) is 0 Å². The van der Waals surface area contributed by atoms with Gasteiger partial charge >= 0.3 is 17.9 Å². The lowest BCUT2D eigenvalue weighted by molar-refractivity contribution is -0.146. The lowest BCUT2D eigenvalue weighted by Crippen LogP contribution is -2.40. The van der Waals surface area contributed by atoms with Crippen molar-refractivity contribution in [2.75, 3.05) is 33.0 Å². The Morgan fingerprint density at radius 3 is 2.56 bits per heavy atom. The van der Waals surface area contributed by atoms with Crippen LogP contribution in [0, 0.1) is 0 Å². The molecule has 1 aromatic carbocycles. The van der Waals surface area contributed by atoms with E-state index < -0.39 is 36.3 Å². The van der Waals surface area contributed by atoms with Gasteiger partial charge in [-0.25, -0.2) is 4.79 Å². The predicted molar refractivity (Wildman–Crippen MR) is 130 cm³/mol. The first kappa shape index (κ1) is 29.0. The number of allylic oxidation sites excluding steroid dienone is 1. The molecule has 36 heavy (non-hydrogen) atoms. The smallest absolute Gasteiger partial charge is 0.335 e. The van der Waals surface area contributed by atoms with Crippen molar-refractivity contribution < 1.29 is 43.6 Å². The van der Waals surface area contributed by atoms with Crippen LogP contribution in [0.5, 0.6) is 0 Å². The number of carbonyl (C=O) groups excluding carboxylic acids is 2. The second-order valence-electron chi connectivity index (χ2n) is 8.08. The van der Waals surface area contributed by atoms with Gasteiger partial charge in [0, 0.05) is 17.5 Å². The highest BCUT2D eigenvalue weighted by atomic mass is 35.5. The minimum absolute atomic E-state index is 0.0215. The molecule has 2 atom stereocenters. The Balaban J connectivity index is 2.31. The van der Waals surface area contributed by atoms with Crippen LogP contribution < -0.4 is 5.32 Å². The number of carboxylic acid groups (broad SMARTS) is 2. The lowest BCUT2D eigenvalue weighted by atomic mass is 9.75. The Hall–Kier alpha value is -3.21. The average Bonchev–Trinajstić information content (AvgIpc) is 2.82. The number of nitrogens with one attached hydrogen (secondary N) is 1. The molecule has 2 rings (SSSR count). The van der Waals surface area contributed by atoms with Crippen LogP contribution in [0.4, 0.5) is 0 Å². The number of carboxylic acids is 2. The largest absolute Gasteiger partial charge is 0.481 e. The van der Waals surface area contributed by atoms with Gasteiger partial charge < -0.3 is 29.7 Å². The van der Waals surface area contributed by atoms with Gasteiger partial charge in [-0.3, -0.25) is 14.4 Å². The van der Waals surface area contributed by atoms with Crippen molar-refractivity contribution in [1.82, 2.24) is 5.32 Å². The Kier molecular flexibility index (Phi) is 11.6. The third-order valence-electron chi connectivity index (χ3n) is 5.65. The van der Waals surface area contributed by atoms with Crippen LogP contribution in [0.15, 0.2) is 46.6 Å². The number of ether oxygens (including phenoxy) is 3. The van der Waals surface area contributed by atoms with Crippen LogP contribution in [0.3, 0.4) is 0 Å². The maximum atomic E-state index is 13.1. The summed E-state index contributed by atoms with van der Waals surface area (Å²) in [6.07, 6.45) is -0.195. The standard InChI is InChI=1S/C25H30ClNO9/c1-3-36-25(33)22-16(12-34-9-8-27-20(24(31)32)11-21(29)30)10-15(2)18(13-35-14-28)23(22)17-6-4-5-7-19(17)26/h4-7,14,20,23,27H,3,8-13H2,1-2H3,(H,29,30)(H,31,32). The van der Waals surface area contributed by atoms with Gasteiger partial charge in [0.15, 0.2) is 0 Å². The molecule has 1 aliphatic rings. The molecule has 3 N–H and O–H groups in total. The zero-order valence-corrected chi connectivity index (χ0v) is 20.9. The quantitative estimate of drug-likeness (QED) is 0.135. The number of carbonyl (C=O) groups is 4. The molecule has 0 amide bonds. The van der Waals surface area contributed by atoms with Crippen LogP contribution in [0.2, 0.25) is 5.02 Å². The SMILES string of the molecule is CCOC(=O)C1=C(COCCNC(CC(=O)O)C(=O)O)CC(C)=C(COC=O)C1c1ccccc1Cl. The minimum atomic E-state index is -1.27. The van der Waals surface area contributed by atoms with Gasteiger partial charge in [0.05, 0.1) is 31.8 Å². The normalized spacial score (nSPS) is 16.5. The molecule has 11 heteroatoms. The number of halogens is 1. The molecule has 0 aliphatic heterocycles. The fourth-order valence-corrected chi connectivity index (χ4v) is 4.30. The van der Waals surface area contributed by atoms with Crippen LogP contribution in [0.25, 0.3) is 0 Å². The van der Waals surface area contributed by atoms with Gasteiger partial charge in [-0.1, -0.05) is 35.4 Å². The average molecular weight is 524 g/mol. The molecule has 10 nitrogen and oxygen atoms in total. The molecule has 0 fully saturated rings. The molecule has 0 saturated carbocycles. The summed E-state index contributed by atoms with van der Waals surface area (Å²) in [5.74, 6) is -3.66. The Labute approximate surface area is 213 Å². The minimum Gasteiger partial charge on any atom is -0.481 e. The highest BCUT2D eigenvalue weighted by Crippen LogP contribution is 2.44. The molecule has 0 radical (unpaired) electrons. The first-order chi connectivity index (χ1) is 17.2. The fourth-order valence-electron chi connectivity index (χ4n) is 4.06. The molecule has 1 aromatic rings. The fraction of sp³-hybridized carbons (Fsp3) is 0.440. The number of hydrogen-bond donors (Lipinski definition) is 3. The van der Waals surface area contributed by atoms with Crippen LogP contribution in [-0.4, -0.2) is 73.6 Å². The second kappa shape index (κ2) is 14.4. The van der Waals surface area contributed by atoms with Crippen LogP contribution in [-0.2, 0) is 33.4 Å². The highest BCUT2D eigenvalue weighted by Gasteiger charge is 2.36. The molecule has 2 unspecified atom stereocenters. The van der Waals surface area contributed by atoms with Crippen LogP contribution >= 0.6 is 11.6 Å². The summed E-state index contributed by atoms with van der Waals surface area (Å²) in [7, 11) is 0. The first-order valence-corrected chi connectivity index (χ1v) is 11.7. The Bertz CT molecular complexity index is 1030. The summed E-state index contributed by atoms with van der Waals surface area (Å²) >= 11 is 6.50.